The molecule has 1 amide bonds. The molecule has 0 bridgehead atoms. The smallest absolute Gasteiger partial charge is 0.236 e. The fourth-order valence-electron chi connectivity index (χ4n) is 2.26. The van der Waals surface area contributed by atoms with E-state index in [0.717, 1.165) is 5.56 Å². The summed E-state index contributed by atoms with van der Waals surface area (Å²) >= 11 is 0. The van der Waals surface area contributed by atoms with E-state index in [-0.39, 0.29) is 30.6 Å². The lowest BCUT2D eigenvalue weighted by atomic mass is 10.2. The molecule has 0 saturated carbocycles. The van der Waals surface area contributed by atoms with E-state index in [1.807, 2.05) is 4.90 Å². The fourth-order valence-corrected chi connectivity index (χ4v) is 2.26. The second-order valence-electron chi connectivity index (χ2n) is 5.89. The number of carbonyl (C=O) groups excluding carboxylic acids is 1. The lowest BCUT2D eigenvalue weighted by Crippen LogP contribution is -2.37. The summed E-state index contributed by atoms with van der Waals surface area (Å²) in [4.78, 5) is 15.6. The largest absolute Gasteiger partial charge is 0.489 e. The van der Waals surface area contributed by atoms with Crippen LogP contribution in [0.25, 0.3) is 0 Å². The third-order valence-electron chi connectivity index (χ3n) is 3.73. The molecule has 2 aromatic rings. The first-order valence-corrected chi connectivity index (χ1v) is 8.00. The van der Waals surface area contributed by atoms with E-state index in [1.165, 1.54) is 18.2 Å². The van der Waals surface area contributed by atoms with E-state index in [1.54, 1.807) is 49.3 Å². The van der Waals surface area contributed by atoms with E-state index in [4.69, 9.17) is 4.74 Å². The molecule has 0 aliphatic carbocycles. The summed E-state index contributed by atoms with van der Waals surface area (Å²) < 4.78 is 31.7. The lowest BCUT2D eigenvalue weighted by molar-refractivity contribution is -0.131. The molecule has 4 nitrogen and oxygen atoms in total. The van der Waals surface area contributed by atoms with Crippen molar-refractivity contribution in [1.82, 2.24) is 9.80 Å². The monoisotopic (exact) mass is 348 g/mol. The van der Waals surface area contributed by atoms with Gasteiger partial charge in [-0.15, -0.1) is 0 Å². The minimum absolute atomic E-state index is 0.0577. The zero-order chi connectivity index (χ0) is 18.2. The summed E-state index contributed by atoms with van der Waals surface area (Å²) in [5.74, 6) is -0.555. The van der Waals surface area contributed by atoms with Crippen LogP contribution in [0.4, 0.5) is 8.78 Å². The van der Waals surface area contributed by atoms with Gasteiger partial charge in [-0.25, -0.2) is 8.78 Å². The van der Waals surface area contributed by atoms with Crippen LogP contribution in [0.2, 0.25) is 0 Å². The molecule has 0 N–H and O–H groups in total. The van der Waals surface area contributed by atoms with Gasteiger partial charge in [-0.2, -0.15) is 0 Å². The highest BCUT2D eigenvalue weighted by atomic mass is 19.1. The molecule has 0 aliphatic rings. The number of halogens is 2. The van der Waals surface area contributed by atoms with Gasteiger partial charge < -0.3 is 9.64 Å². The second-order valence-corrected chi connectivity index (χ2v) is 5.89. The van der Waals surface area contributed by atoms with Crippen molar-refractivity contribution in [2.75, 3.05) is 33.8 Å². The highest BCUT2D eigenvalue weighted by Crippen LogP contribution is 2.15. The van der Waals surface area contributed by atoms with Crippen LogP contribution in [0.5, 0.6) is 5.75 Å². The number of hydrogen-bond donors (Lipinski definition) is 0. The Bertz CT molecular complexity index is 692. The average Bonchev–Trinajstić information content (AvgIpc) is 2.58. The van der Waals surface area contributed by atoms with Crippen molar-refractivity contribution in [2.45, 2.75) is 6.54 Å². The topological polar surface area (TPSA) is 32.8 Å². The van der Waals surface area contributed by atoms with Crippen molar-refractivity contribution >= 4 is 5.91 Å². The Labute approximate surface area is 146 Å². The normalized spacial score (nSPS) is 10.8. The first-order chi connectivity index (χ1) is 12.0. The molecule has 0 fully saturated rings. The number of benzene rings is 2. The Morgan fingerprint density at radius 1 is 1.04 bits per heavy atom. The number of hydrogen-bond acceptors (Lipinski definition) is 3. The van der Waals surface area contributed by atoms with Crippen LogP contribution in [-0.2, 0) is 11.3 Å². The summed E-state index contributed by atoms with van der Waals surface area (Å²) in [6.45, 7) is 1.41. The minimum atomic E-state index is -0.403. The molecular weight excluding hydrogens is 326 g/mol. The molecule has 0 atom stereocenters. The molecule has 2 aromatic carbocycles. The van der Waals surface area contributed by atoms with Gasteiger partial charge in [0.25, 0.3) is 0 Å². The molecule has 25 heavy (non-hydrogen) atoms. The molecule has 0 aliphatic heterocycles. The maximum Gasteiger partial charge on any atom is 0.236 e. The maximum absolute atomic E-state index is 13.4. The van der Waals surface area contributed by atoms with Gasteiger partial charge in [0.1, 0.15) is 12.4 Å². The lowest BCUT2D eigenvalue weighted by Gasteiger charge is -2.22. The summed E-state index contributed by atoms with van der Waals surface area (Å²) in [6.07, 6.45) is 0. The quantitative estimate of drug-likeness (QED) is 0.735. The molecular formula is C19H22F2N2O2. The number of rotatable bonds is 8. The van der Waals surface area contributed by atoms with E-state index in [0.29, 0.717) is 13.1 Å². The molecule has 0 radical (unpaired) electrons. The first-order valence-electron chi connectivity index (χ1n) is 8.00. The van der Waals surface area contributed by atoms with Crippen LogP contribution in [0.15, 0.2) is 48.5 Å². The van der Waals surface area contributed by atoms with Gasteiger partial charge >= 0.3 is 0 Å². The van der Waals surface area contributed by atoms with Gasteiger partial charge in [0.2, 0.25) is 5.91 Å². The predicted molar refractivity (Wildman–Crippen MR) is 92.3 cm³/mol. The van der Waals surface area contributed by atoms with Crippen LogP contribution in [0.1, 0.15) is 5.56 Å². The van der Waals surface area contributed by atoms with E-state index in [2.05, 4.69) is 0 Å². The van der Waals surface area contributed by atoms with Crippen molar-refractivity contribution < 1.29 is 18.3 Å². The molecule has 134 valence electrons. The summed E-state index contributed by atoms with van der Waals surface area (Å²) in [6, 6.07) is 12.3. The van der Waals surface area contributed by atoms with Gasteiger partial charge in [-0.3, -0.25) is 9.69 Å². The SMILES string of the molecule is CN(CCOc1ccccc1F)CC(=O)N(C)Cc1ccc(F)cc1. The molecule has 2 rings (SSSR count). The molecule has 6 heteroatoms. The molecule has 0 unspecified atom stereocenters. The third-order valence-corrected chi connectivity index (χ3v) is 3.73. The van der Waals surface area contributed by atoms with Crippen LogP contribution in [-0.4, -0.2) is 49.5 Å². The number of ether oxygens (including phenoxy) is 1. The zero-order valence-electron chi connectivity index (χ0n) is 14.4. The predicted octanol–water partition coefficient (Wildman–Crippen LogP) is 2.93. The number of amides is 1. The van der Waals surface area contributed by atoms with E-state index >= 15 is 0 Å². The summed E-state index contributed by atoms with van der Waals surface area (Å²) in [7, 11) is 3.50. The van der Waals surface area contributed by atoms with Crippen LogP contribution >= 0.6 is 0 Å². The highest BCUT2D eigenvalue weighted by Gasteiger charge is 2.12. The van der Waals surface area contributed by atoms with Crippen LogP contribution in [0.3, 0.4) is 0 Å². The molecule has 0 saturated heterocycles. The van der Waals surface area contributed by atoms with Gasteiger partial charge in [-0.1, -0.05) is 24.3 Å². The number of likely N-dealkylation sites (N-methyl/N-ethyl adjacent to an activating group) is 2. The standard InChI is InChI=1S/C19H22F2N2O2/c1-22(11-12-25-18-6-4-3-5-17(18)21)14-19(24)23(2)13-15-7-9-16(20)10-8-15/h3-10H,11-14H2,1-2H3. The average molecular weight is 348 g/mol. The van der Waals surface area contributed by atoms with Crippen molar-refractivity contribution in [3.63, 3.8) is 0 Å². The molecule has 0 aromatic heterocycles. The highest BCUT2D eigenvalue weighted by molar-refractivity contribution is 5.77. The van der Waals surface area contributed by atoms with Gasteiger partial charge in [0, 0.05) is 20.1 Å². The van der Waals surface area contributed by atoms with Crippen molar-refractivity contribution in [2.24, 2.45) is 0 Å². The maximum atomic E-state index is 13.4. The number of nitrogens with zero attached hydrogens (tertiary/aromatic N) is 2. The van der Waals surface area contributed by atoms with Gasteiger partial charge in [0.15, 0.2) is 11.6 Å². The Balaban J connectivity index is 1.73. The molecule has 0 heterocycles. The second kappa shape index (κ2) is 9.13. The summed E-state index contributed by atoms with van der Waals surface area (Å²) in [5, 5.41) is 0. The van der Waals surface area contributed by atoms with Crippen molar-refractivity contribution in [3.05, 3.63) is 65.7 Å². The molecule has 0 spiro atoms. The zero-order valence-corrected chi connectivity index (χ0v) is 14.4. The van der Waals surface area contributed by atoms with Crippen LogP contribution < -0.4 is 4.74 Å². The fraction of sp³-hybridized carbons (Fsp3) is 0.316. The van der Waals surface area contributed by atoms with E-state index in [9.17, 15) is 13.6 Å². The Morgan fingerprint density at radius 3 is 2.40 bits per heavy atom. The van der Waals surface area contributed by atoms with Gasteiger partial charge in [0.05, 0.1) is 6.54 Å². The van der Waals surface area contributed by atoms with Crippen LogP contribution in [0, 0.1) is 11.6 Å². The Morgan fingerprint density at radius 2 is 1.72 bits per heavy atom. The Hall–Kier alpha value is -2.47. The van der Waals surface area contributed by atoms with Crippen molar-refractivity contribution in [1.29, 1.82) is 0 Å². The first kappa shape index (κ1) is 18.9. The van der Waals surface area contributed by atoms with Crippen molar-refractivity contribution in [3.8, 4) is 5.75 Å². The number of para-hydroxylation sites is 1. The van der Waals surface area contributed by atoms with Gasteiger partial charge in [-0.05, 0) is 36.9 Å². The number of carbonyl (C=O) groups is 1. The summed E-state index contributed by atoms with van der Waals surface area (Å²) in [5.41, 5.74) is 0.864. The van der Waals surface area contributed by atoms with E-state index < -0.39 is 5.82 Å². The third kappa shape index (κ3) is 6.15. The Kier molecular flexibility index (Phi) is 6.89. The minimum Gasteiger partial charge on any atom is -0.489 e.